The van der Waals surface area contributed by atoms with E-state index in [4.69, 9.17) is 4.42 Å². The zero-order valence-electron chi connectivity index (χ0n) is 11.8. The lowest BCUT2D eigenvalue weighted by molar-refractivity contribution is 0.614. The molecular weight excluding hydrogens is 281 g/mol. The SMILES string of the molecule is CNc1ccc2cc(-c3nc4cc(F)ccc4o3)cnc2c1. The van der Waals surface area contributed by atoms with Crippen LogP contribution in [0.4, 0.5) is 10.1 Å². The molecule has 0 spiro atoms. The molecule has 0 saturated carbocycles. The van der Waals surface area contributed by atoms with E-state index in [-0.39, 0.29) is 5.82 Å². The van der Waals surface area contributed by atoms with Gasteiger partial charge in [-0.05, 0) is 30.3 Å². The van der Waals surface area contributed by atoms with Crippen LogP contribution in [0.2, 0.25) is 0 Å². The number of pyridine rings is 1. The zero-order valence-corrected chi connectivity index (χ0v) is 11.8. The molecule has 0 aliphatic rings. The molecule has 0 atom stereocenters. The monoisotopic (exact) mass is 293 g/mol. The second kappa shape index (κ2) is 4.80. The third-order valence-electron chi connectivity index (χ3n) is 3.57. The van der Waals surface area contributed by atoms with Crippen LogP contribution < -0.4 is 5.32 Å². The van der Waals surface area contributed by atoms with Gasteiger partial charge in [-0.1, -0.05) is 6.07 Å². The summed E-state index contributed by atoms with van der Waals surface area (Å²) in [6.07, 6.45) is 1.71. The van der Waals surface area contributed by atoms with Crippen molar-refractivity contribution in [2.24, 2.45) is 0 Å². The number of oxazole rings is 1. The Kier molecular flexibility index (Phi) is 2.79. The van der Waals surface area contributed by atoms with Crippen LogP contribution in [0, 0.1) is 5.82 Å². The first-order valence-electron chi connectivity index (χ1n) is 6.87. The summed E-state index contributed by atoms with van der Waals surface area (Å²) in [5.74, 6) is 0.108. The van der Waals surface area contributed by atoms with Crippen molar-refractivity contribution in [1.82, 2.24) is 9.97 Å². The Labute approximate surface area is 125 Å². The lowest BCUT2D eigenvalue weighted by Gasteiger charge is -2.03. The van der Waals surface area contributed by atoms with Crippen molar-refractivity contribution in [2.75, 3.05) is 12.4 Å². The lowest BCUT2D eigenvalue weighted by Crippen LogP contribution is -1.89. The van der Waals surface area contributed by atoms with Crippen molar-refractivity contribution < 1.29 is 8.81 Å². The molecule has 0 aliphatic carbocycles. The van der Waals surface area contributed by atoms with E-state index in [0.29, 0.717) is 17.0 Å². The highest BCUT2D eigenvalue weighted by atomic mass is 19.1. The molecule has 2 heterocycles. The number of rotatable bonds is 2. The Morgan fingerprint density at radius 2 is 1.95 bits per heavy atom. The molecule has 0 unspecified atom stereocenters. The molecule has 0 aliphatic heterocycles. The van der Waals surface area contributed by atoms with E-state index in [2.05, 4.69) is 15.3 Å². The highest BCUT2D eigenvalue weighted by Crippen LogP contribution is 2.27. The molecule has 2 aromatic carbocycles. The molecule has 2 aromatic heterocycles. The second-order valence-electron chi connectivity index (χ2n) is 5.01. The minimum Gasteiger partial charge on any atom is -0.436 e. The number of halogens is 1. The second-order valence-corrected chi connectivity index (χ2v) is 5.01. The van der Waals surface area contributed by atoms with Crippen molar-refractivity contribution in [3.63, 3.8) is 0 Å². The van der Waals surface area contributed by atoms with Gasteiger partial charge in [-0.3, -0.25) is 4.98 Å². The van der Waals surface area contributed by atoms with Gasteiger partial charge in [0.15, 0.2) is 5.58 Å². The Hall–Kier alpha value is -2.95. The molecule has 4 rings (SSSR count). The molecule has 0 radical (unpaired) electrons. The van der Waals surface area contributed by atoms with Crippen LogP contribution in [-0.2, 0) is 0 Å². The normalized spacial score (nSPS) is 11.2. The Balaban J connectivity index is 1.84. The highest BCUT2D eigenvalue weighted by Gasteiger charge is 2.10. The van der Waals surface area contributed by atoms with Crippen LogP contribution in [-0.4, -0.2) is 17.0 Å². The van der Waals surface area contributed by atoms with Gasteiger partial charge in [0.2, 0.25) is 5.89 Å². The van der Waals surface area contributed by atoms with E-state index in [9.17, 15) is 4.39 Å². The van der Waals surface area contributed by atoms with E-state index in [0.717, 1.165) is 22.2 Å². The lowest BCUT2D eigenvalue weighted by atomic mass is 10.1. The van der Waals surface area contributed by atoms with Gasteiger partial charge in [-0.2, -0.15) is 0 Å². The maximum Gasteiger partial charge on any atom is 0.228 e. The summed E-state index contributed by atoms with van der Waals surface area (Å²) in [5, 5.41) is 4.07. The zero-order chi connectivity index (χ0) is 15.1. The predicted octanol–water partition coefficient (Wildman–Crippen LogP) is 4.22. The standard InChI is InChI=1S/C17H12FN3O/c1-19-13-4-2-10-6-11(9-20-14(10)8-13)17-21-15-7-12(18)3-5-16(15)22-17/h2-9,19H,1H3. The quantitative estimate of drug-likeness (QED) is 0.601. The number of hydrogen-bond acceptors (Lipinski definition) is 4. The summed E-state index contributed by atoms with van der Waals surface area (Å²) in [6, 6.07) is 12.2. The third-order valence-corrected chi connectivity index (χ3v) is 3.57. The first kappa shape index (κ1) is 12.8. The average molecular weight is 293 g/mol. The van der Waals surface area contributed by atoms with E-state index in [1.165, 1.54) is 12.1 Å². The van der Waals surface area contributed by atoms with Gasteiger partial charge in [-0.25, -0.2) is 9.37 Å². The summed E-state index contributed by atoms with van der Waals surface area (Å²) in [4.78, 5) is 8.77. The number of hydrogen-bond donors (Lipinski definition) is 1. The summed E-state index contributed by atoms with van der Waals surface area (Å²) in [7, 11) is 1.87. The fourth-order valence-corrected chi connectivity index (χ4v) is 2.42. The maximum atomic E-state index is 13.2. The minimum atomic E-state index is -0.330. The van der Waals surface area contributed by atoms with Crippen molar-refractivity contribution in [3.8, 4) is 11.5 Å². The number of aromatic nitrogens is 2. The van der Waals surface area contributed by atoms with Gasteiger partial charge in [-0.15, -0.1) is 0 Å². The van der Waals surface area contributed by atoms with Gasteiger partial charge < -0.3 is 9.73 Å². The van der Waals surface area contributed by atoms with Crippen molar-refractivity contribution in [2.45, 2.75) is 0 Å². The fraction of sp³-hybridized carbons (Fsp3) is 0.0588. The van der Waals surface area contributed by atoms with Gasteiger partial charge in [0.1, 0.15) is 11.3 Å². The molecule has 4 nitrogen and oxygen atoms in total. The fourth-order valence-electron chi connectivity index (χ4n) is 2.42. The maximum absolute atomic E-state index is 13.2. The summed E-state index contributed by atoms with van der Waals surface area (Å²) in [6.45, 7) is 0. The molecule has 22 heavy (non-hydrogen) atoms. The van der Waals surface area contributed by atoms with Crippen LogP contribution in [0.1, 0.15) is 0 Å². The minimum absolute atomic E-state index is 0.330. The molecule has 0 amide bonds. The van der Waals surface area contributed by atoms with Gasteiger partial charge in [0.05, 0.1) is 11.1 Å². The molecule has 4 aromatic rings. The topological polar surface area (TPSA) is 51.0 Å². The van der Waals surface area contributed by atoms with E-state index in [1.54, 1.807) is 12.3 Å². The molecule has 1 N–H and O–H groups in total. The average Bonchev–Trinajstić information content (AvgIpc) is 2.96. The number of nitrogens with one attached hydrogen (secondary N) is 1. The molecule has 5 heteroatoms. The van der Waals surface area contributed by atoms with Gasteiger partial charge >= 0.3 is 0 Å². The first-order chi connectivity index (χ1) is 10.7. The van der Waals surface area contributed by atoms with E-state index >= 15 is 0 Å². The van der Waals surface area contributed by atoms with E-state index < -0.39 is 0 Å². The molecular formula is C17H12FN3O. The number of nitrogens with zero attached hydrogens (tertiary/aromatic N) is 2. The Morgan fingerprint density at radius 1 is 1.05 bits per heavy atom. The Bertz CT molecular complexity index is 994. The summed E-state index contributed by atoms with van der Waals surface area (Å²) in [5.41, 5.74) is 3.71. The van der Waals surface area contributed by atoms with Crippen LogP contribution in [0.15, 0.2) is 53.1 Å². The van der Waals surface area contributed by atoms with Crippen LogP contribution in [0.5, 0.6) is 0 Å². The smallest absolute Gasteiger partial charge is 0.228 e. The highest BCUT2D eigenvalue weighted by molar-refractivity contribution is 5.86. The molecule has 0 saturated heterocycles. The summed E-state index contributed by atoms with van der Waals surface area (Å²) >= 11 is 0. The van der Waals surface area contributed by atoms with Gasteiger partial charge in [0.25, 0.3) is 0 Å². The molecule has 0 fully saturated rings. The number of benzene rings is 2. The van der Waals surface area contributed by atoms with Crippen molar-refractivity contribution >= 4 is 27.7 Å². The number of fused-ring (bicyclic) bond motifs is 2. The number of anilines is 1. The van der Waals surface area contributed by atoms with Crippen LogP contribution in [0.25, 0.3) is 33.5 Å². The first-order valence-corrected chi connectivity index (χ1v) is 6.87. The van der Waals surface area contributed by atoms with Crippen molar-refractivity contribution in [1.29, 1.82) is 0 Å². The molecule has 108 valence electrons. The van der Waals surface area contributed by atoms with Gasteiger partial charge in [0, 0.05) is 30.4 Å². The Morgan fingerprint density at radius 3 is 2.82 bits per heavy atom. The molecule has 0 bridgehead atoms. The van der Waals surface area contributed by atoms with Crippen LogP contribution in [0.3, 0.4) is 0 Å². The van der Waals surface area contributed by atoms with Crippen LogP contribution >= 0.6 is 0 Å². The van der Waals surface area contributed by atoms with Crippen molar-refractivity contribution in [3.05, 3.63) is 54.5 Å². The van der Waals surface area contributed by atoms with E-state index in [1.807, 2.05) is 31.3 Å². The predicted molar refractivity (Wildman–Crippen MR) is 84.3 cm³/mol. The largest absolute Gasteiger partial charge is 0.436 e. The third kappa shape index (κ3) is 2.07. The summed E-state index contributed by atoms with van der Waals surface area (Å²) < 4.78 is 18.9.